The fourth-order valence-corrected chi connectivity index (χ4v) is 4.42. The normalized spacial score (nSPS) is 14.3. The third kappa shape index (κ3) is 3.89. The number of halogens is 1. The topological polar surface area (TPSA) is 34.1 Å². The second kappa shape index (κ2) is 8.20. The van der Waals surface area contributed by atoms with E-state index in [0.717, 1.165) is 32.7 Å². The van der Waals surface area contributed by atoms with Crippen LogP contribution in [0.2, 0.25) is 5.02 Å². The molecule has 3 aromatic carbocycles. The monoisotopic (exact) mass is 446 g/mol. The molecule has 5 rings (SSSR count). The summed E-state index contributed by atoms with van der Waals surface area (Å²) in [6, 6.07) is 19.2. The van der Waals surface area contributed by atoms with Gasteiger partial charge in [-0.1, -0.05) is 47.7 Å². The van der Waals surface area contributed by atoms with E-state index in [1.807, 2.05) is 66.7 Å². The van der Waals surface area contributed by atoms with Gasteiger partial charge < -0.3 is 0 Å². The quantitative estimate of drug-likeness (QED) is 0.508. The summed E-state index contributed by atoms with van der Waals surface area (Å²) in [5.41, 5.74) is 6.09. The fraction of sp³-hybridized carbons (Fsp3) is 0.0667. The Balaban J connectivity index is 1.68. The van der Waals surface area contributed by atoms with Crippen molar-refractivity contribution in [2.75, 3.05) is 0 Å². The van der Waals surface area contributed by atoms with E-state index >= 15 is 0 Å². The van der Waals surface area contributed by atoms with E-state index in [-0.39, 0.29) is 11.6 Å². The van der Waals surface area contributed by atoms with Gasteiger partial charge in [0, 0.05) is 27.3 Å². The zero-order valence-electron chi connectivity index (χ0n) is 18.2. The molecule has 0 aliphatic heterocycles. The summed E-state index contributed by atoms with van der Waals surface area (Å²) < 4.78 is 0. The van der Waals surface area contributed by atoms with Crippen LogP contribution in [0.25, 0.3) is 23.8 Å². The summed E-state index contributed by atoms with van der Waals surface area (Å²) >= 11 is 6.69. The Morgan fingerprint density at radius 3 is 2.21 bits per heavy atom. The Hall–Kier alpha value is -3.93. The van der Waals surface area contributed by atoms with Gasteiger partial charge in [-0.3, -0.25) is 9.59 Å². The summed E-state index contributed by atoms with van der Waals surface area (Å²) in [5, 5.41) is 2.16. The van der Waals surface area contributed by atoms with E-state index in [4.69, 9.17) is 11.6 Å². The van der Waals surface area contributed by atoms with Gasteiger partial charge in [-0.05, 0) is 101 Å². The predicted molar refractivity (Wildman–Crippen MR) is 134 cm³/mol. The van der Waals surface area contributed by atoms with Crippen LogP contribution in [0.15, 0.2) is 71.8 Å². The second-order valence-electron chi connectivity index (χ2n) is 8.25. The van der Waals surface area contributed by atoms with Crippen molar-refractivity contribution in [3.05, 3.63) is 115 Å². The van der Waals surface area contributed by atoms with E-state index in [9.17, 15) is 9.59 Å². The maximum atomic E-state index is 13.3. The van der Waals surface area contributed by atoms with Gasteiger partial charge in [0.25, 0.3) is 0 Å². The lowest BCUT2D eigenvalue weighted by atomic mass is 9.86. The molecule has 33 heavy (non-hydrogen) atoms. The highest BCUT2D eigenvalue weighted by Gasteiger charge is 2.23. The van der Waals surface area contributed by atoms with E-state index in [1.54, 1.807) is 26.0 Å². The highest BCUT2D eigenvalue weighted by Crippen LogP contribution is 2.28. The van der Waals surface area contributed by atoms with E-state index in [1.165, 1.54) is 0 Å². The average Bonchev–Trinajstić information content (AvgIpc) is 2.80. The lowest BCUT2D eigenvalue weighted by molar-refractivity contribution is -0.111. The largest absolute Gasteiger partial charge is 0.290 e. The molecule has 0 heterocycles. The summed E-state index contributed by atoms with van der Waals surface area (Å²) in [6.45, 7) is 3.60. The first-order valence-electron chi connectivity index (χ1n) is 10.6. The molecule has 0 fully saturated rings. The first-order valence-corrected chi connectivity index (χ1v) is 11.0. The molecule has 0 unspecified atom stereocenters. The van der Waals surface area contributed by atoms with Gasteiger partial charge in [0.05, 0.1) is 0 Å². The number of carbonyl (C=O) groups is 2. The summed E-state index contributed by atoms with van der Waals surface area (Å²) in [6.07, 6.45) is 5.39. The minimum absolute atomic E-state index is 0.00878. The van der Waals surface area contributed by atoms with Crippen LogP contribution in [0.5, 0.6) is 0 Å². The lowest BCUT2D eigenvalue weighted by Gasteiger charge is -2.17. The molecule has 158 valence electrons. The third-order valence-corrected chi connectivity index (χ3v) is 6.21. The molecule has 0 N–H and O–H groups in total. The average molecular weight is 447 g/mol. The zero-order chi connectivity index (χ0) is 23.1. The number of allylic oxidation sites excluding steroid dienone is 2. The van der Waals surface area contributed by atoms with Gasteiger partial charge in [0.2, 0.25) is 0 Å². The summed E-state index contributed by atoms with van der Waals surface area (Å²) in [5.74, 6) is 6.23. The van der Waals surface area contributed by atoms with Crippen LogP contribution in [0.4, 0.5) is 0 Å². The van der Waals surface area contributed by atoms with Crippen LogP contribution >= 0.6 is 11.6 Å². The molecule has 0 atom stereocenters. The molecule has 0 saturated carbocycles. The van der Waals surface area contributed by atoms with Crippen molar-refractivity contribution in [2.45, 2.75) is 13.8 Å². The highest BCUT2D eigenvalue weighted by molar-refractivity contribution is 6.38. The number of Topliss-reactive ketones (excluding diaryl/α,β-unsaturated/α-hetero) is 2. The van der Waals surface area contributed by atoms with Gasteiger partial charge in [-0.25, -0.2) is 0 Å². The number of benzene rings is 3. The molecular formula is C30H19ClO2. The minimum Gasteiger partial charge on any atom is -0.290 e. The summed E-state index contributed by atoms with van der Waals surface area (Å²) in [7, 11) is 0. The Kier molecular flexibility index (Phi) is 5.21. The fourth-order valence-electron chi connectivity index (χ4n) is 4.14. The molecule has 0 amide bonds. The maximum absolute atomic E-state index is 13.3. The maximum Gasteiger partial charge on any atom is 0.190 e. The van der Waals surface area contributed by atoms with Crippen LogP contribution in [0.3, 0.4) is 0 Å². The van der Waals surface area contributed by atoms with Crippen molar-refractivity contribution in [1.29, 1.82) is 0 Å². The highest BCUT2D eigenvalue weighted by atomic mass is 35.5. The molecule has 2 nitrogen and oxygen atoms in total. The van der Waals surface area contributed by atoms with E-state index in [0.29, 0.717) is 27.3 Å². The Morgan fingerprint density at radius 1 is 0.727 bits per heavy atom. The third-order valence-electron chi connectivity index (χ3n) is 5.89. The van der Waals surface area contributed by atoms with Crippen LogP contribution in [-0.2, 0) is 9.59 Å². The van der Waals surface area contributed by atoms with Crippen LogP contribution in [-0.4, -0.2) is 11.6 Å². The Bertz CT molecular complexity index is 1610. The molecule has 2 aliphatic carbocycles. The zero-order valence-corrected chi connectivity index (χ0v) is 19.0. The van der Waals surface area contributed by atoms with Crippen molar-refractivity contribution in [3.8, 4) is 11.8 Å². The van der Waals surface area contributed by atoms with E-state index < -0.39 is 0 Å². The van der Waals surface area contributed by atoms with Gasteiger partial charge in [0.1, 0.15) is 0 Å². The predicted octanol–water partition coefficient (Wildman–Crippen LogP) is 4.69. The van der Waals surface area contributed by atoms with E-state index in [2.05, 4.69) is 11.8 Å². The molecule has 0 radical (unpaired) electrons. The number of carbonyl (C=O) groups excluding carboxylic acids is 2. The summed E-state index contributed by atoms with van der Waals surface area (Å²) in [4.78, 5) is 25.4. The molecule has 3 aromatic rings. The number of rotatable bonds is 1. The number of hydrogen-bond donors (Lipinski definition) is 0. The van der Waals surface area contributed by atoms with Crippen LogP contribution in [0, 0.1) is 11.8 Å². The smallest absolute Gasteiger partial charge is 0.190 e. The molecular weight excluding hydrogens is 428 g/mol. The van der Waals surface area contributed by atoms with Crippen molar-refractivity contribution in [2.24, 2.45) is 0 Å². The van der Waals surface area contributed by atoms with Crippen LogP contribution < -0.4 is 10.4 Å². The SMILES string of the molecule is CC1=Cc2cc3c(cc2=CC1=O)C=C(C)C(=O)C=3c1ccc(C#Cc2ccccc2)cc1Cl. The van der Waals surface area contributed by atoms with Gasteiger partial charge in [-0.2, -0.15) is 0 Å². The number of fused-ring (bicyclic) bond motifs is 2. The number of hydrogen-bond acceptors (Lipinski definition) is 2. The molecule has 3 heteroatoms. The van der Waals surface area contributed by atoms with Crippen LogP contribution in [0.1, 0.15) is 41.7 Å². The molecule has 0 saturated heterocycles. The van der Waals surface area contributed by atoms with Gasteiger partial charge in [-0.15, -0.1) is 0 Å². The molecule has 0 spiro atoms. The molecule has 2 aliphatic rings. The lowest BCUT2D eigenvalue weighted by Crippen LogP contribution is -2.27. The van der Waals surface area contributed by atoms with Gasteiger partial charge in [0.15, 0.2) is 11.6 Å². The minimum atomic E-state index is -0.0518. The Morgan fingerprint density at radius 2 is 1.45 bits per heavy atom. The first-order chi connectivity index (χ1) is 15.9. The molecule has 0 bridgehead atoms. The van der Waals surface area contributed by atoms with Crippen molar-refractivity contribution < 1.29 is 9.59 Å². The number of ketones is 2. The second-order valence-corrected chi connectivity index (χ2v) is 8.65. The van der Waals surface area contributed by atoms with Crippen molar-refractivity contribution >= 4 is 47.0 Å². The van der Waals surface area contributed by atoms with Crippen molar-refractivity contribution in [3.63, 3.8) is 0 Å². The standard InChI is InChI=1S/C30H19ClO2/c1-18-12-22-16-26-24(15-23(22)17-28(18)32)13-19(2)30(33)29(26)25-11-10-21(14-27(25)31)9-8-20-6-4-3-5-7-20/h3-7,10-17H,1-2H3. The Labute approximate surface area is 197 Å². The van der Waals surface area contributed by atoms with Gasteiger partial charge >= 0.3 is 0 Å². The van der Waals surface area contributed by atoms with Crippen molar-refractivity contribution in [1.82, 2.24) is 0 Å². The first kappa shape index (κ1) is 20.9. The molecule has 0 aromatic heterocycles.